The van der Waals surface area contributed by atoms with Crippen molar-refractivity contribution in [2.75, 3.05) is 0 Å². The molecule has 0 unspecified atom stereocenters. The van der Waals surface area contributed by atoms with Crippen LogP contribution in [0.1, 0.15) is 188 Å². The minimum Gasteiger partial charge on any atom is -0.301 e. The van der Waals surface area contributed by atoms with Crippen LogP contribution in [0.25, 0.3) is 0 Å². The predicted octanol–water partition coefficient (Wildman–Crippen LogP) is 10.2. The van der Waals surface area contributed by atoms with Gasteiger partial charge in [0.2, 0.25) is 0 Å². The van der Waals surface area contributed by atoms with Crippen molar-refractivity contribution in [3.8, 4) is 0 Å². The van der Waals surface area contributed by atoms with Crippen LogP contribution in [0.2, 0.25) is 0 Å². The van der Waals surface area contributed by atoms with Gasteiger partial charge in [-0.05, 0) is 19.3 Å². The molecule has 0 aromatic rings. The fourth-order valence-corrected chi connectivity index (χ4v) is 4.25. The molecule has 7 nitrogen and oxygen atoms in total. The zero-order valence-corrected chi connectivity index (χ0v) is 25.8. The lowest BCUT2D eigenvalue weighted by atomic mass is 10.1. The van der Waals surface area contributed by atoms with Crippen LogP contribution in [0.4, 0.5) is 0 Å². The summed E-state index contributed by atoms with van der Waals surface area (Å²) in [4.78, 5) is 46.3. The number of hydrogen-bond donors (Lipinski definition) is 1. The molecule has 0 bridgehead atoms. The predicted molar refractivity (Wildman–Crippen MR) is 158 cm³/mol. The molecule has 0 amide bonds. The summed E-state index contributed by atoms with van der Waals surface area (Å²) in [6.45, 7) is 6.60. The SMILES string of the molecule is CCCCCCCC(=O)OO.CCCCCCCCCCCC(=O)OOC(=O)CCCCCCCCCCC. The molecule has 0 aliphatic carbocycles. The van der Waals surface area contributed by atoms with Crippen molar-refractivity contribution >= 4 is 17.9 Å². The lowest BCUT2D eigenvalue weighted by molar-refractivity contribution is -0.259. The largest absolute Gasteiger partial charge is 0.355 e. The van der Waals surface area contributed by atoms with E-state index < -0.39 is 17.9 Å². The number of unbranched alkanes of at least 4 members (excludes halogenated alkanes) is 20. The van der Waals surface area contributed by atoms with E-state index >= 15 is 0 Å². The molecular formula is C32H62O7. The number of carbonyl (C=O) groups is 3. The smallest absolute Gasteiger partial charge is 0.301 e. The van der Waals surface area contributed by atoms with Gasteiger partial charge in [-0.1, -0.05) is 149 Å². The molecule has 0 aliphatic rings. The highest BCUT2D eigenvalue weighted by Crippen LogP contribution is 2.12. The van der Waals surface area contributed by atoms with E-state index in [0.29, 0.717) is 19.3 Å². The maximum atomic E-state index is 11.6. The van der Waals surface area contributed by atoms with Gasteiger partial charge >= 0.3 is 17.9 Å². The van der Waals surface area contributed by atoms with Crippen LogP contribution in [-0.2, 0) is 29.0 Å². The topological polar surface area (TPSA) is 99.1 Å². The van der Waals surface area contributed by atoms with Gasteiger partial charge in [-0.25, -0.2) is 24.2 Å². The average molecular weight is 559 g/mol. The van der Waals surface area contributed by atoms with Gasteiger partial charge in [0, 0.05) is 6.42 Å². The summed E-state index contributed by atoms with van der Waals surface area (Å²) in [5.74, 6) is -1.38. The minimum absolute atomic E-state index is 0.334. The van der Waals surface area contributed by atoms with Gasteiger partial charge in [-0.3, -0.25) is 0 Å². The highest BCUT2D eigenvalue weighted by atomic mass is 17.2. The molecule has 0 heterocycles. The highest BCUT2D eigenvalue weighted by molar-refractivity contribution is 5.72. The molecule has 0 aliphatic heterocycles. The van der Waals surface area contributed by atoms with E-state index in [-0.39, 0.29) is 0 Å². The minimum atomic E-state index is -0.526. The van der Waals surface area contributed by atoms with E-state index in [2.05, 4.69) is 35.4 Å². The first-order chi connectivity index (χ1) is 19.0. The summed E-state index contributed by atoms with van der Waals surface area (Å²) in [5.41, 5.74) is 0. The zero-order valence-electron chi connectivity index (χ0n) is 25.8. The molecule has 7 heteroatoms. The van der Waals surface area contributed by atoms with Crippen molar-refractivity contribution in [2.45, 2.75) is 188 Å². The van der Waals surface area contributed by atoms with E-state index in [1.807, 2.05) is 0 Å². The van der Waals surface area contributed by atoms with Crippen LogP contribution in [-0.4, -0.2) is 23.2 Å². The summed E-state index contributed by atoms with van der Waals surface area (Å²) in [7, 11) is 0. The second-order valence-electron chi connectivity index (χ2n) is 10.7. The summed E-state index contributed by atoms with van der Waals surface area (Å²) in [6.07, 6.45) is 28.1. The van der Waals surface area contributed by atoms with Crippen molar-refractivity contribution in [3.05, 3.63) is 0 Å². The molecule has 0 spiro atoms. The fraction of sp³-hybridized carbons (Fsp3) is 0.906. The Morgan fingerprint density at radius 1 is 0.385 bits per heavy atom. The molecule has 0 aromatic heterocycles. The van der Waals surface area contributed by atoms with Crippen LogP contribution in [0.3, 0.4) is 0 Å². The third kappa shape index (κ3) is 36.4. The van der Waals surface area contributed by atoms with Gasteiger partial charge in [0.1, 0.15) is 0 Å². The van der Waals surface area contributed by atoms with Gasteiger partial charge in [-0.15, -0.1) is 0 Å². The quantitative estimate of drug-likeness (QED) is 0.0640. The van der Waals surface area contributed by atoms with Crippen molar-refractivity contribution in [1.29, 1.82) is 0 Å². The zero-order chi connectivity index (χ0) is 29.2. The van der Waals surface area contributed by atoms with E-state index in [4.69, 9.17) is 5.26 Å². The van der Waals surface area contributed by atoms with E-state index in [1.165, 1.54) is 89.9 Å². The summed E-state index contributed by atoms with van der Waals surface area (Å²) < 4.78 is 0. The van der Waals surface area contributed by atoms with E-state index in [9.17, 15) is 14.4 Å². The molecule has 0 radical (unpaired) electrons. The van der Waals surface area contributed by atoms with Crippen LogP contribution >= 0.6 is 0 Å². The molecule has 232 valence electrons. The highest BCUT2D eigenvalue weighted by Gasteiger charge is 2.09. The lowest BCUT2D eigenvalue weighted by Gasteiger charge is -2.04. The maximum absolute atomic E-state index is 11.6. The number of rotatable bonds is 26. The Labute approximate surface area is 240 Å². The Balaban J connectivity index is 0. The maximum Gasteiger partial charge on any atom is 0.355 e. The fourth-order valence-electron chi connectivity index (χ4n) is 4.25. The van der Waals surface area contributed by atoms with Gasteiger partial charge in [0.15, 0.2) is 0 Å². The molecule has 1 N–H and O–H groups in total. The molecule has 0 rings (SSSR count). The first-order valence-electron chi connectivity index (χ1n) is 16.3. The number of carbonyl (C=O) groups excluding carboxylic acids is 3. The first kappa shape index (κ1) is 39.5. The van der Waals surface area contributed by atoms with Gasteiger partial charge in [0.25, 0.3) is 0 Å². The molecule has 0 atom stereocenters. The average Bonchev–Trinajstić information content (AvgIpc) is 2.94. The van der Waals surface area contributed by atoms with E-state index in [0.717, 1.165) is 57.8 Å². The Morgan fingerprint density at radius 3 is 0.872 bits per heavy atom. The van der Waals surface area contributed by atoms with Crippen LogP contribution in [0.5, 0.6) is 0 Å². The third-order valence-electron chi connectivity index (χ3n) is 6.78. The molecule has 0 aromatic carbocycles. The lowest BCUT2D eigenvalue weighted by Crippen LogP contribution is -2.11. The summed E-state index contributed by atoms with van der Waals surface area (Å²) >= 11 is 0. The van der Waals surface area contributed by atoms with Crippen molar-refractivity contribution in [2.24, 2.45) is 0 Å². The monoisotopic (exact) mass is 558 g/mol. The Kier molecular flexibility index (Phi) is 34.8. The molecule has 0 fully saturated rings. The standard InChI is InChI=1S/C24H46O4.C8H16O3/c1-3-5-7-9-11-13-15-17-19-21-23(25)27-28-24(26)22-20-18-16-14-12-10-8-6-4-2;1-2-3-4-5-6-7-8(9)11-10/h3-22H2,1-2H3;10H,2-7H2,1H3. The molecular weight excluding hydrogens is 496 g/mol. The van der Waals surface area contributed by atoms with Gasteiger partial charge < -0.3 is 4.89 Å². The van der Waals surface area contributed by atoms with Crippen molar-refractivity contribution < 1.29 is 34.3 Å². The van der Waals surface area contributed by atoms with Crippen molar-refractivity contribution in [1.82, 2.24) is 0 Å². The summed E-state index contributed by atoms with van der Waals surface area (Å²) in [6, 6.07) is 0. The van der Waals surface area contributed by atoms with Gasteiger partial charge in [-0.2, -0.15) is 5.26 Å². The molecule has 0 saturated heterocycles. The summed E-state index contributed by atoms with van der Waals surface area (Å²) in [5, 5.41) is 7.89. The molecule has 0 saturated carbocycles. The first-order valence-corrected chi connectivity index (χ1v) is 16.3. The van der Waals surface area contributed by atoms with Crippen LogP contribution in [0.15, 0.2) is 0 Å². The number of hydrogen-bond acceptors (Lipinski definition) is 7. The Morgan fingerprint density at radius 2 is 0.615 bits per heavy atom. The van der Waals surface area contributed by atoms with Gasteiger partial charge in [0.05, 0.1) is 12.8 Å². The van der Waals surface area contributed by atoms with Crippen LogP contribution in [0, 0.1) is 0 Å². The van der Waals surface area contributed by atoms with Crippen molar-refractivity contribution in [3.63, 3.8) is 0 Å². The Hall–Kier alpha value is -1.63. The Bertz CT molecular complexity index is 503. The van der Waals surface area contributed by atoms with Crippen LogP contribution < -0.4 is 0 Å². The second-order valence-corrected chi connectivity index (χ2v) is 10.7. The normalized spacial score (nSPS) is 10.5. The molecule has 39 heavy (non-hydrogen) atoms. The van der Waals surface area contributed by atoms with E-state index in [1.54, 1.807) is 0 Å². The second kappa shape index (κ2) is 34.4. The third-order valence-corrected chi connectivity index (χ3v) is 6.78.